The van der Waals surface area contributed by atoms with Crippen molar-refractivity contribution in [3.05, 3.63) is 21.9 Å². The molecule has 4 heteroatoms. The van der Waals surface area contributed by atoms with E-state index in [1.165, 1.54) is 22.7 Å². The molecule has 2 aromatic heterocycles. The van der Waals surface area contributed by atoms with Crippen LogP contribution in [0.15, 0.2) is 10.8 Å². The first kappa shape index (κ1) is 7.30. The van der Waals surface area contributed by atoms with Crippen LogP contribution in [0.1, 0.15) is 11.1 Å². The number of nitrogens with zero attached hydrogens (tertiary/aromatic N) is 2. The highest BCUT2D eigenvalue weighted by Gasteiger charge is 2.09. The number of fused-ring (bicyclic) bond motifs is 1. The molecule has 0 unspecified atom stereocenters. The van der Waals surface area contributed by atoms with Crippen molar-refractivity contribution >= 4 is 32.1 Å². The average molecular weight is 190 g/mol. The second-order valence-corrected chi connectivity index (χ2v) is 4.20. The lowest BCUT2D eigenvalue weighted by atomic mass is 10.2. The highest BCUT2D eigenvalue weighted by Crippen LogP contribution is 2.33. The fourth-order valence-electron chi connectivity index (χ4n) is 1.02. The molecule has 0 bridgehead atoms. The number of hydrogen-bond donors (Lipinski definition) is 0. The summed E-state index contributed by atoms with van der Waals surface area (Å²) in [5, 5.41) is 21.8. The monoisotopic (exact) mass is 190 g/mol. The highest BCUT2D eigenvalue weighted by molar-refractivity contribution is 7.37. The van der Waals surface area contributed by atoms with E-state index in [2.05, 4.69) is 12.1 Å². The second-order valence-electron chi connectivity index (χ2n) is 2.18. The molecule has 0 aliphatic heterocycles. The Bertz CT molecular complexity index is 464. The highest BCUT2D eigenvalue weighted by atomic mass is 32.2. The molecule has 0 aliphatic carbocycles. The smallest absolute Gasteiger partial charge is 0.101 e. The van der Waals surface area contributed by atoms with E-state index in [9.17, 15) is 0 Å². The predicted molar refractivity (Wildman–Crippen MR) is 49.1 cm³/mol. The maximum atomic E-state index is 8.71. The molecule has 0 radical (unpaired) electrons. The summed E-state index contributed by atoms with van der Waals surface area (Å²) in [6, 6.07) is 4.15. The van der Waals surface area contributed by atoms with Crippen LogP contribution in [-0.2, 0) is 0 Å². The standard InChI is InChI=1S/C8H2N2S2/c9-1-5-3-11-8-7(5)6(2-10)4-12-8/h3-4H. The Hall–Kier alpha value is -1.36. The van der Waals surface area contributed by atoms with Gasteiger partial charge in [0.05, 0.1) is 15.1 Å². The first-order chi connectivity index (χ1) is 5.86. The van der Waals surface area contributed by atoms with Crippen molar-refractivity contribution in [1.82, 2.24) is 0 Å². The lowest BCUT2D eigenvalue weighted by Gasteiger charge is -1.79. The first-order valence-corrected chi connectivity index (χ1v) is 4.91. The number of thiophene rings is 2. The van der Waals surface area contributed by atoms with Crippen molar-refractivity contribution in [2.75, 3.05) is 0 Å². The second kappa shape index (κ2) is 2.60. The first-order valence-electron chi connectivity index (χ1n) is 3.15. The zero-order chi connectivity index (χ0) is 8.55. The summed E-state index contributed by atoms with van der Waals surface area (Å²) in [6.07, 6.45) is 0. The van der Waals surface area contributed by atoms with Crippen LogP contribution >= 0.6 is 22.7 Å². The number of nitriles is 2. The molecule has 0 aliphatic rings. The van der Waals surface area contributed by atoms with E-state index >= 15 is 0 Å². The van der Waals surface area contributed by atoms with Crippen molar-refractivity contribution < 1.29 is 0 Å². The van der Waals surface area contributed by atoms with Gasteiger partial charge in [-0.15, -0.1) is 22.7 Å². The van der Waals surface area contributed by atoms with E-state index in [0.717, 1.165) is 9.40 Å². The average Bonchev–Trinajstić information content (AvgIpc) is 2.62. The largest absolute Gasteiger partial charge is 0.192 e. The van der Waals surface area contributed by atoms with Crippen LogP contribution < -0.4 is 0 Å². The van der Waals surface area contributed by atoms with Crippen molar-refractivity contribution in [3.63, 3.8) is 0 Å². The van der Waals surface area contributed by atoms with Gasteiger partial charge in [-0.2, -0.15) is 10.5 Å². The Morgan fingerprint density at radius 1 is 1.00 bits per heavy atom. The quantitative estimate of drug-likeness (QED) is 0.641. The van der Waals surface area contributed by atoms with Gasteiger partial charge in [-0.1, -0.05) is 0 Å². The normalized spacial score (nSPS) is 9.50. The van der Waals surface area contributed by atoms with Crippen LogP contribution in [0.3, 0.4) is 0 Å². The third-order valence-corrected chi connectivity index (χ3v) is 3.67. The van der Waals surface area contributed by atoms with Gasteiger partial charge in [-0.05, 0) is 0 Å². The van der Waals surface area contributed by atoms with Gasteiger partial charge in [0.1, 0.15) is 12.1 Å². The van der Waals surface area contributed by atoms with E-state index in [1.807, 2.05) is 0 Å². The summed E-state index contributed by atoms with van der Waals surface area (Å²) in [7, 11) is 0. The molecule has 0 saturated carbocycles. The van der Waals surface area contributed by atoms with Gasteiger partial charge in [0.25, 0.3) is 0 Å². The van der Waals surface area contributed by atoms with Crippen molar-refractivity contribution in [1.29, 1.82) is 10.5 Å². The molecule has 56 valence electrons. The van der Waals surface area contributed by atoms with Gasteiger partial charge in [0.2, 0.25) is 0 Å². The van der Waals surface area contributed by atoms with Crippen LogP contribution in [0.25, 0.3) is 9.40 Å². The number of rotatable bonds is 0. The summed E-state index contributed by atoms with van der Waals surface area (Å²) >= 11 is 3.04. The van der Waals surface area contributed by atoms with Crippen LogP contribution in [0, 0.1) is 22.7 Å². The molecule has 0 N–H and O–H groups in total. The minimum Gasteiger partial charge on any atom is -0.192 e. The summed E-state index contributed by atoms with van der Waals surface area (Å²) < 4.78 is 1.06. The molecule has 0 amide bonds. The maximum Gasteiger partial charge on any atom is 0.101 e. The molecule has 0 atom stereocenters. The van der Waals surface area contributed by atoms with E-state index in [0.29, 0.717) is 11.1 Å². The van der Waals surface area contributed by atoms with Crippen LogP contribution in [0.2, 0.25) is 0 Å². The van der Waals surface area contributed by atoms with Crippen LogP contribution in [-0.4, -0.2) is 0 Å². The summed E-state index contributed by atoms with van der Waals surface area (Å²) in [5.41, 5.74) is 1.24. The third kappa shape index (κ3) is 0.831. The van der Waals surface area contributed by atoms with E-state index < -0.39 is 0 Å². The molecule has 12 heavy (non-hydrogen) atoms. The summed E-state index contributed by atoms with van der Waals surface area (Å²) in [6.45, 7) is 0. The van der Waals surface area contributed by atoms with Crippen molar-refractivity contribution in [3.8, 4) is 12.1 Å². The molecule has 2 rings (SSSR count). The van der Waals surface area contributed by atoms with E-state index in [1.54, 1.807) is 10.8 Å². The molecule has 0 saturated heterocycles. The third-order valence-electron chi connectivity index (χ3n) is 1.55. The van der Waals surface area contributed by atoms with E-state index in [-0.39, 0.29) is 0 Å². The fourth-order valence-corrected chi connectivity index (χ4v) is 3.00. The molecule has 0 fully saturated rings. The molecule has 0 spiro atoms. The summed E-state index contributed by atoms with van der Waals surface area (Å²) in [4.78, 5) is 0. The molecule has 2 nitrogen and oxygen atoms in total. The Morgan fingerprint density at radius 3 is 1.92 bits per heavy atom. The molecular formula is C8H2N2S2. The lowest BCUT2D eigenvalue weighted by Crippen LogP contribution is -1.69. The molecule has 0 aromatic carbocycles. The topological polar surface area (TPSA) is 47.6 Å². The van der Waals surface area contributed by atoms with Gasteiger partial charge < -0.3 is 0 Å². The van der Waals surface area contributed by atoms with Gasteiger partial charge in [-0.25, -0.2) is 0 Å². The SMILES string of the molecule is N#Cc1csc2scc(C#N)c12. The van der Waals surface area contributed by atoms with Crippen LogP contribution in [0.5, 0.6) is 0 Å². The molecule has 2 heterocycles. The zero-order valence-electron chi connectivity index (χ0n) is 5.87. The van der Waals surface area contributed by atoms with Gasteiger partial charge in [-0.3, -0.25) is 0 Å². The lowest BCUT2D eigenvalue weighted by molar-refractivity contribution is 1.50. The van der Waals surface area contributed by atoms with Crippen molar-refractivity contribution in [2.45, 2.75) is 0 Å². The van der Waals surface area contributed by atoms with Crippen LogP contribution in [0.4, 0.5) is 0 Å². The Kier molecular flexibility index (Phi) is 1.58. The zero-order valence-corrected chi connectivity index (χ0v) is 7.50. The fraction of sp³-hybridized carbons (Fsp3) is 0. The molecular weight excluding hydrogens is 188 g/mol. The molecule has 2 aromatic rings. The van der Waals surface area contributed by atoms with Gasteiger partial charge >= 0.3 is 0 Å². The minimum atomic E-state index is 0.618. The van der Waals surface area contributed by atoms with Crippen molar-refractivity contribution in [2.24, 2.45) is 0 Å². The van der Waals surface area contributed by atoms with Gasteiger partial charge in [0, 0.05) is 16.1 Å². The Labute approximate surface area is 76.9 Å². The maximum absolute atomic E-state index is 8.71. The summed E-state index contributed by atoms with van der Waals surface area (Å²) in [5.74, 6) is 0. The Morgan fingerprint density at radius 2 is 1.50 bits per heavy atom. The Balaban J connectivity index is 2.93. The number of hydrogen-bond acceptors (Lipinski definition) is 4. The minimum absolute atomic E-state index is 0.618. The van der Waals surface area contributed by atoms with E-state index in [4.69, 9.17) is 10.5 Å². The van der Waals surface area contributed by atoms with Gasteiger partial charge in [0.15, 0.2) is 0 Å². The predicted octanol–water partition coefficient (Wildman–Crippen LogP) is 2.71.